The number of carbonyl (C=O) groups is 1. The third-order valence-electron chi connectivity index (χ3n) is 5.31. The van der Waals surface area contributed by atoms with E-state index in [1.165, 1.54) is 5.57 Å². The van der Waals surface area contributed by atoms with Gasteiger partial charge in [0.2, 0.25) is 6.61 Å². The van der Waals surface area contributed by atoms with Crippen LogP contribution in [0.15, 0.2) is 33.4 Å². The van der Waals surface area contributed by atoms with E-state index in [2.05, 4.69) is 21.7 Å². The van der Waals surface area contributed by atoms with Crippen LogP contribution in [-0.2, 0) is 11.2 Å². The number of aromatic amines is 1. The fourth-order valence-corrected chi connectivity index (χ4v) is 4.09. The van der Waals surface area contributed by atoms with Crippen LogP contribution in [-0.4, -0.2) is 32.0 Å². The zero-order valence-corrected chi connectivity index (χ0v) is 15.7. The first-order chi connectivity index (χ1) is 13.4. The molecule has 0 spiro atoms. The van der Waals surface area contributed by atoms with Gasteiger partial charge in [-0.3, -0.25) is 9.59 Å². The summed E-state index contributed by atoms with van der Waals surface area (Å²) < 4.78 is 3.02. The molecule has 0 unspecified atom stereocenters. The highest BCUT2D eigenvalue weighted by Crippen LogP contribution is 2.39. The average Bonchev–Trinajstić information content (AvgIpc) is 2.99. The second kappa shape index (κ2) is 6.70. The lowest BCUT2D eigenvalue weighted by atomic mass is 9.84. The predicted molar refractivity (Wildman–Crippen MR) is 103 cm³/mol. The summed E-state index contributed by atoms with van der Waals surface area (Å²) in [5.74, 6) is -1.22. The number of hydrogen-bond donors (Lipinski definition) is 2. The largest absolute Gasteiger partial charge is 0.479 e. The highest BCUT2D eigenvalue weighted by molar-refractivity contribution is 5.84. The van der Waals surface area contributed by atoms with Crippen molar-refractivity contribution in [1.82, 2.24) is 14.3 Å². The number of aliphatic carboxylic acids is 1. The Balaban J connectivity index is 1.90. The quantitative estimate of drug-likeness (QED) is 0.779. The minimum absolute atomic E-state index is 0.451. The number of nitrogens with zero attached hydrogens (tertiary/aromatic N) is 2. The van der Waals surface area contributed by atoms with Gasteiger partial charge in [-0.1, -0.05) is 5.57 Å². The first-order valence-electron chi connectivity index (χ1n) is 9.18. The number of carboxylic acid groups (broad SMARTS) is 1. The maximum absolute atomic E-state index is 12.4. The molecule has 2 aromatic rings. The number of aromatic nitrogens is 3. The van der Waals surface area contributed by atoms with E-state index in [9.17, 15) is 14.4 Å². The Kier molecular flexibility index (Phi) is 4.33. The number of nitrogens with one attached hydrogen (secondary N) is 1. The van der Waals surface area contributed by atoms with Crippen molar-refractivity contribution in [1.29, 1.82) is 0 Å². The minimum Gasteiger partial charge on any atom is -0.479 e. The number of hydrogen-bond acceptors (Lipinski definition) is 4. The van der Waals surface area contributed by atoms with Gasteiger partial charge < -0.3 is 19.5 Å². The summed E-state index contributed by atoms with van der Waals surface area (Å²) >= 11 is 0. The molecule has 0 fully saturated rings. The maximum atomic E-state index is 12.4. The number of carboxylic acids is 1. The summed E-state index contributed by atoms with van der Waals surface area (Å²) in [6.07, 6.45) is 5.08. The van der Waals surface area contributed by atoms with Crippen molar-refractivity contribution in [3.05, 3.63) is 67.3 Å². The summed E-state index contributed by atoms with van der Waals surface area (Å²) in [4.78, 5) is 43.2. The molecule has 8 nitrogen and oxygen atoms in total. The van der Waals surface area contributed by atoms with Gasteiger partial charge in [-0.2, -0.15) is 0 Å². The van der Waals surface area contributed by atoms with E-state index < -0.39 is 23.7 Å². The molecule has 0 bridgehead atoms. The molecule has 2 N–H and O–H groups in total. The van der Waals surface area contributed by atoms with Gasteiger partial charge in [0.15, 0.2) is 0 Å². The van der Waals surface area contributed by atoms with Crippen LogP contribution in [0.1, 0.15) is 42.0 Å². The van der Waals surface area contributed by atoms with Crippen LogP contribution in [0.5, 0.6) is 0 Å². The molecule has 0 aliphatic heterocycles. The molecule has 0 aromatic carbocycles. The Labute approximate surface area is 160 Å². The van der Waals surface area contributed by atoms with Crippen molar-refractivity contribution < 1.29 is 14.7 Å². The number of H-pyrrole nitrogens is 1. The molecular formula is C20H21N3O5. The Morgan fingerprint density at radius 3 is 2.50 bits per heavy atom. The lowest BCUT2D eigenvalue weighted by Crippen LogP contribution is -2.44. The van der Waals surface area contributed by atoms with Crippen molar-refractivity contribution in [2.75, 3.05) is 6.61 Å². The third-order valence-corrected chi connectivity index (χ3v) is 5.31. The molecule has 2 aliphatic rings. The van der Waals surface area contributed by atoms with E-state index >= 15 is 0 Å². The molecule has 8 heteroatoms. The van der Waals surface area contributed by atoms with Crippen LogP contribution in [0.4, 0.5) is 0 Å². The Bertz CT molecular complexity index is 1140. The van der Waals surface area contributed by atoms with Gasteiger partial charge in [-0.05, 0) is 57.7 Å². The van der Waals surface area contributed by atoms with Crippen molar-refractivity contribution >= 4 is 17.2 Å². The SMILES string of the molecule is Cc1ccc(C)n1C1=CC2=C(CC1)CCc1[nH]c(=O)c(=O)n(OCC(=O)O)c12. The van der Waals surface area contributed by atoms with Crippen molar-refractivity contribution in [3.63, 3.8) is 0 Å². The molecule has 0 saturated carbocycles. The van der Waals surface area contributed by atoms with E-state index in [0.717, 1.165) is 46.7 Å². The van der Waals surface area contributed by atoms with E-state index in [4.69, 9.17) is 9.94 Å². The third kappa shape index (κ3) is 2.90. The zero-order valence-electron chi connectivity index (χ0n) is 15.7. The highest BCUT2D eigenvalue weighted by atomic mass is 16.7. The highest BCUT2D eigenvalue weighted by Gasteiger charge is 2.28. The first-order valence-corrected chi connectivity index (χ1v) is 9.18. The summed E-state index contributed by atoms with van der Waals surface area (Å²) in [6, 6.07) is 4.11. The zero-order chi connectivity index (χ0) is 20.0. The van der Waals surface area contributed by atoms with E-state index in [-0.39, 0.29) is 0 Å². The van der Waals surface area contributed by atoms with Gasteiger partial charge in [0, 0.05) is 28.4 Å². The van der Waals surface area contributed by atoms with Gasteiger partial charge in [-0.15, -0.1) is 4.73 Å². The number of allylic oxidation sites excluding steroid dienone is 4. The van der Waals surface area contributed by atoms with Gasteiger partial charge in [0.25, 0.3) is 0 Å². The van der Waals surface area contributed by atoms with Gasteiger partial charge in [0.05, 0.1) is 0 Å². The second-order valence-electron chi connectivity index (χ2n) is 7.15. The van der Waals surface area contributed by atoms with E-state index in [1.807, 2.05) is 19.9 Å². The maximum Gasteiger partial charge on any atom is 0.349 e. The van der Waals surface area contributed by atoms with Crippen LogP contribution in [0.2, 0.25) is 0 Å². The summed E-state index contributed by atoms with van der Waals surface area (Å²) in [5.41, 5.74) is 4.64. The Morgan fingerprint density at radius 1 is 1.14 bits per heavy atom. The molecule has 2 aliphatic carbocycles. The number of rotatable bonds is 4. The van der Waals surface area contributed by atoms with Crippen molar-refractivity contribution in [2.45, 2.75) is 39.5 Å². The molecule has 0 atom stereocenters. The lowest BCUT2D eigenvalue weighted by Gasteiger charge is -2.28. The normalized spacial score (nSPS) is 15.7. The van der Waals surface area contributed by atoms with E-state index in [0.29, 0.717) is 17.8 Å². The van der Waals surface area contributed by atoms with Crippen LogP contribution in [0.25, 0.3) is 11.3 Å². The number of fused-ring (bicyclic) bond motifs is 2. The van der Waals surface area contributed by atoms with Crippen LogP contribution in [0, 0.1) is 13.8 Å². The standard InChI is InChI=1S/C20H21N3O5/c1-11-3-4-12(2)22(11)14-7-5-13-6-8-16-18(15(13)9-14)23(28-10-17(24)25)20(27)19(26)21-16/h3-4,9H,5-8,10H2,1-2H3,(H,21,26)(H,24,25). The molecular weight excluding hydrogens is 362 g/mol. The Morgan fingerprint density at radius 2 is 1.82 bits per heavy atom. The molecule has 4 rings (SSSR count). The summed E-state index contributed by atoms with van der Waals surface area (Å²) in [5, 5.41) is 8.95. The predicted octanol–water partition coefficient (Wildman–Crippen LogP) is 1.50. The molecule has 28 heavy (non-hydrogen) atoms. The molecule has 2 heterocycles. The van der Waals surface area contributed by atoms with E-state index in [1.54, 1.807) is 0 Å². The summed E-state index contributed by atoms with van der Waals surface area (Å²) in [6.45, 7) is 3.37. The van der Waals surface area contributed by atoms with Gasteiger partial charge in [-0.25, -0.2) is 4.79 Å². The second-order valence-corrected chi connectivity index (χ2v) is 7.15. The van der Waals surface area contributed by atoms with Crippen LogP contribution in [0.3, 0.4) is 0 Å². The van der Waals surface area contributed by atoms with Crippen LogP contribution >= 0.6 is 0 Å². The van der Waals surface area contributed by atoms with Crippen molar-refractivity contribution in [3.8, 4) is 0 Å². The fourth-order valence-electron chi connectivity index (χ4n) is 4.09. The molecule has 2 aromatic heterocycles. The summed E-state index contributed by atoms with van der Waals surface area (Å²) in [7, 11) is 0. The molecule has 0 amide bonds. The Hall–Kier alpha value is -3.29. The van der Waals surface area contributed by atoms with Gasteiger partial charge in [0.1, 0.15) is 5.69 Å². The molecule has 146 valence electrons. The topological polar surface area (TPSA) is 106 Å². The molecule has 0 radical (unpaired) electrons. The van der Waals surface area contributed by atoms with Gasteiger partial charge >= 0.3 is 17.1 Å². The monoisotopic (exact) mass is 383 g/mol. The fraction of sp³-hybridized carbons (Fsp3) is 0.350. The smallest absolute Gasteiger partial charge is 0.349 e. The first kappa shape index (κ1) is 18.1. The minimum atomic E-state index is -1.22. The van der Waals surface area contributed by atoms with Crippen molar-refractivity contribution in [2.24, 2.45) is 0 Å². The number of aryl methyl sites for hydroxylation is 3. The lowest BCUT2D eigenvalue weighted by molar-refractivity contribution is -0.142. The average molecular weight is 383 g/mol. The van der Waals surface area contributed by atoms with Crippen LogP contribution < -0.4 is 16.0 Å². The molecule has 0 saturated heterocycles.